The number of thioether (sulfide) groups is 1. The van der Waals surface area contributed by atoms with E-state index in [1.807, 2.05) is 24.4 Å². The summed E-state index contributed by atoms with van der Waals surface area (Å²) in [6, 6.07) is 11.1. The van der Waals surface area contributed by atoms with Crippen molar-refractivity contribution in [3.63, 3.8) is 0 Å². The molecule has 1 aromatic carbocycles. The van der Waals surface area contributed by atoms with Gasteiger partial charge in [0.15, 0.2) is 5.78 Å². The van der Waals surface area contributed by atoms with Crippen molar-refractivity contribution in [3.8, 4) is 0 Å². The molecule has 0 radical (unpaired) electrons. The van der Waals surface area contributed by atoms with E-state index >= 15 is 0 Å². The molecular weight excluding hydrogens is 272 g/mol. The predicted molar refractivity (Wildman–Crippen MR) is 75.4 cm³/mol. The summed E-state index contributed by atoms with van der Waals surface area (Å²) >= 11 is 9.12. The van der Waals surface area contributed by atoms with E-state index in [1.165, 1.54) is 0 Å². The van der Waals surface area contributed by atoms with Gasteiger partial charge in [0.25, 0.3) is 0 Å². The van der Waals surface area contributed by atoms with Gasteiger partial charge in [-0.25, -0.2) is 0 Å². The second-order valence-electron chi connectivity index (χ2n) is 3.57. The van der Waals surface area contributed by atoms with Crippen LogP contribution in [-0.4, -0.2) is 11.0 Å². The van der Waals surface area contributed by atoms with Crippen molar-refractivity contribution in [2.24, 2.45) is 0 Å². The van der Waals surface area contributed by atoms with Gasteiger partial charge in [-0.1, -0.05) is 29.8 Å². The van der Waals surface area contributed by atoms with Crippen LogP contribution in [0.2, 0.25) is 5.02 Å². The Morgan fingerprint density at radius 2 is 2.18 bits per heavy atom. The van der Waals surface area contributed by atoms with Gasteiger partial charge in [-0.15, -0.1) is 23.1 Å². The molecule has 1 heterocycles. The number of rotatable bonds is 4. The average molecular weight is 283 g/mol. The van der Waals surface area contributed by atoms with Gasteiger partial charge in [0.05, 0.1) is 9.46 Å². The highest BCUT2D eigenvalue weighted by Crippen LogP contribution is 2.29. The van der Waals surface area contributed by atoms with Crippen molar-refractivity contribution >= 4 is 40.5 Å². The normalized spacial score (nSPS) is 12.4. The predicted octanol–water partition coefficient (Wildman–Crippen LogP) is 4.77. The zero-order chi connectivity index (χ0) is 12.3. The topological polar surface area (TPSA) is 17.1 Å². The van der Waals surface area contributed by atoms with Gasteiger partial charge < -0.3 is 0 Å². The van der Waals surface area contributed by atoms with Gasteiger partial charge in [-0.2, -0.15) is 0 Å². The van der Waals surface area contributed by atoms with Crippen LogP contribution in [0.15, 0.2) is 46.0 Å². The summed E-state index contributed by atoms with van der Waals surface area (Å²) in [5.41, 5.74) is 0.675. The van der Waals surface area contributed by atoms with E-state index in [0.717, 1.165) is 4.21 Å². The van der Waals surface area contributed by atoms with Gasteiger partial charge in [-0.3, -0.25) is 4.79 Å². The SMILES string of the molecule is CC(Sc1cccs1)C(=O)c1cccc(Cl)c1. The Kier molecular flexibility index (Phi) is 4.26. The number of hydrogen-bond acceptors (Lipinski definition) is 3. The lowest BCUT2D eigenvalue weighted by Crippen LogP contribution is -2.12. The Balaban J connectivity index is 2.09. The average Bonchev–Trinajstić information content (AvgIpc) is 2.80. The maximum absolute atomic E-state index is 12.1. The first-order valence-electron chi connectivity index (χ1n) is 5.17. The van der Waals surface area contributed by atoms with Crippen LogP contribution in [0.1, 0.15) is 17.3 Å². The van der Waals surface area contributed by atoms with E-state index in [2.05, 4.69) is 0 Å². The molecule has 0 spiro atoms. The molecule has 0 fully saturated rings. The summed E-state index contributed by atoms with van der Waals surface area (Å²) in [5, 5.41) is 2.52. The fraction of sp³-hybridized carbons (Fsp3) is 0.154. The largest absolute Gasteiger partial charge is 0.293 e. The molecule has 0 aliphatic heterocycles. The molecule has 4 heteroatoms. The standard InChI is InChI=1S/C13H11ClOS2/c1-9(17-12-6-3-7-16-12)13(15)10-4-2-5-11(14)8-10/h2-9H,1H3. The zero-order valence-electron chi connectivity index (χ0n) is 9.22. The number of ketones is 1. The van der Waals surface area contributed by atoms with Gasteiger partial charge in [0.1, 0.15) is 0 Å². The van der Waals surface area contributed by atoms with Gasteiger partial charge >= 0.3 is 0 Å². The summed E-state index contributed by atoms with van der Waals surface area (Å²) in [4.78, 5) is 12.1. The van der Waals surface area contributed by atoms with Crippen molar-refractivity contribution in [1.82, 2.24) is 0 Å². The molecule has 1 unspecified atom stereocenters. The first kappa shape index (κ1) is 12.7. The van der Waals surface area contributed by atoms with Crippen LogP contribution in [0.4, 0.5) is 0 Å². The molecule has 1 atom stereocenters. The smallest absolute Gasteiger partial charge is 0.175 e. The minimum absolute atomic E-state index is 0.0906. The fourth-order valence-electron chi connectivity index (χ4n) is 1.43. The molecule has 2 rings (SSSR count). The van der Waals surface area contributed by atoms with Gasteiger partial charge in [0.2, 0.25) is 0 Å². The van der Waals surface area contributed by atoms with Crippen LogP contribution in [0.3, 0.4) is 0 Å². The third kappa shape index (κ3) is 3.35. The highest BCUT2D eigenvalue weighted by molar-refractivity contribution is 8.02. The molecule has 1 aromatic heterocycles. The minimum atomic E-state index is -0.0906. The van der Waals surface area contributed by atoms with Crippen molar-refractivity contribution < 1.29 is 4.79 Å². The molecule has 0 aliphatic rings. The Morgan fingerprint density at radius 1 is 1.35 bits per heavy atom. The first-order valence-corrected chi connectivity index (χ1v) is 7.30. The second-order valence-corrected chi connectivity index (χ2v) is 6.59. The molecule has 17 heavy (non-hydrogen) atoms. The third-order valence-corrected chi connectivity index (χ3v) is 4.68. The highest BCUT2D eigenvalue weighted by Gasteiger charge is 2.16. The summed E-state index contributed by atoms with van der Waals surface area (Å²) < 4.78 is 1.16. The van der Waals surface area contributed by atoms with Crippen LogP contribution in [-0.2, 0) is 0 Å². The van der Waals surface area contributed by atoms with Crippen LogP contribution in [0.5, 0.6) is 0 Å². The maximum Gasteiger partial charge on any atom is 0.175 e. The Morgan fingerprint density at radius 3 is 2.82 bits per heavy atom. The summed E-state index contributed by atoms with van der Waals surface area (Å²) in [6.07, 6.45) is 0. The number of halogens is 1. The first-order chi connectivity index (χ1) is 8.16. The number of hydrogen-bond donors (Lipinski definition) is 0. The molecule has 0 N–H and O–H groups in total. The number of thiophene rings is 1. The number of Topliss-reactive ketones (excluding diaryl/α,β-unsaturated/α-hetero) is 1. The summed E-state index contributed by atoms with van der Waals surface area (Å²) in [7, 11) is 0. The van der Waals surface area contributed by atoms with E-state index < -0.39 is 0 Å². The highest BCUT2D eigenvalue weighted by atomic mass is 35.5. The lowest BCUT2D eigenvalue weighted by atomic mass is 10.1. The molecule has 0 saturated carbocycles. The van der Waals surface area contributed by atoms with E-state index in [0.29, 0.717) is 10.6 Å². The minimum Gasteiger partial charge on any atom is -0.293 e. The van der Waals surface area contributed by atoms with Gasteiger partial charge in [0, 0.05) is 10.6 Å². The molecule has 0 amide bonds. The quantitative estimate of drug-likeness (QED) is 0.594. The van der Waals surface area contributed by atoms with Crippen molar-refractivity contribution in [1.29, 1.82) is 0 Å². The lowest BCUT2D eigenvalue weighted by molar-refractivity contribution is 0.0994. The van der Waals surface area contributed by atoms with Crippen LogP contribution < -0.4 is 0 Å². The molecule has 88 valence electrons. The molecule has 2 aromatic rings. The monoisotopic (exact) mass is 282 g/mol. The Labute approximate surface area is 114 Å². The summed E-state index contributed by atoms with van der Waals surface area (Å²) in [6.45, 7) is 1.92. The van der Waals surface area contributed by atoms with E-state index in [4.69, 9.17) is 11.6 Å². The van der Waals surface area contributed by atoms with Crippen LogP contribution in [0, 0.1) is 0 Å². The van der Waals surface area contributed by atoms with Crippen molar-refractivity contribution in [2.45, 2.75) is 16.4 Å². The van der Waals surface area contributed by atoms with E-state index in [9.17, 15) is 4.79 Å². The molecule has 0 bridgehead atoms. The zero-order valence-corrected chi connectivity index (χ0v) is 11.6. The number of carbonyl (C=O) groups excluding carboxylic acids is 1. The Hall–Kier alpha value is -0.770. The molecular formula is C13H11ClOS2. The maximum atomic E-state index is 12.1. The van der Waals surface area contributed by atoms with E-state index in [-0.39, 0.29) is 11.0 Å². The fourth-order valence-corrected chi connectivity index (χ4v) is 3.64. The van der Waals surface area contributed by atoms with Crippen molar-refractivity contribution in [3.05, 3.63) is 52.4 Å². The molecule has 0 saturated heterocycles. The number of benzene rings is 1. The number of carbonyl (C=O) groups is 1. The molecule has 1 nitrogen and oxygen atoms in total. The second kappa shape index (κ2) is 5.71. The van der Waals surface area contributed by atoms with Crippen LogP contribution >= 0.6 is 34.7 Å². The van der Waals surface area contributed by atoms with Gasteiger partial charge in [-0.05, 0) is 30.5 Å². The van der Waals surface area contributed by atoms with Crippen LogP contribution in [0.25, 0.3) is 0 Å². The third-order valence-electron chi connectivity index (χ3n) is 2.27. The lowest BCUT2D eigenvalue weighted by Gasteiger charge is -2.08. The van der Waals surface area contributed by atoms with Crippen molar-refractivity contribution in [2.75, 3.05) is 0 Å². The Bertz CT molecular complexity index is 508. The summed E-state index contributed by atoms with van der Waals surface area (Å²) in [5.74, 6) is 0.117. The molecule has 0 aliphatic carbocycles. The van der Waals surface area contributed by atoms with E-state index in [1.54, 1.807) is 47.4 Å².